The highest BCUT2D eigenvalue weighted by atomic mass is 79.9. The third-order valence-corrected chi connectivity index (χ3v) is 4.44. The lowest BCUT2D eigenvalue weighted by atomic mass is 10.1. The number of fused-ring (bicyclic) bond motifs is 1. The van der Waals surface area contributed by atoms with Crippen LogP contribution in [0.25, 0.3) is 0 Å². The standard InChI is InChI=1S/C15H7Br2F2NO3/c16-10-5-7(23-15(18)19)6-11(17)12(10)20-13(21)8-3-1-2-4-9(8)14(20)22/h1-6,15H. The molecule has 0 atom stereocenters. The number of anilines is 1. The summed E-state index contributed by atoms with van der Waals surface area (Å²) in [6.45, 7) is -2.97. The quantitative estimate of drug-likeness (QED) is 0.646. The van der Waals surface area contributed by atoms with Crippen molar-refractivity contribution in [3.05, 3.63) is 56.5 Å². The Morgan fingerprint density at radius 3 is 1.87 bits per heavy atom. The lowest BCUT2D eigenvalue weighted by molar-refractivity contribution is -0.0499. The number of rotatable bonds is 3. The number of hydrogen-bond donors (Lipinski definition) is 0. The number of amides is 2. The van der Waals surface area contributed by atoms with E-state index in [1.807, 2.05) is 0 Å². The molecule has 0 aliphatic carbocycles. The Morgan fingerprint density at radius 2 is 1.43 bits per heavy atom. The van der Waals surface area contributed by atoms with Gasteiger partial charge in [-0.15, -0.1) is 0 Å². The van der Waals surface area contributed by atoms with Gasteiger partial charge in [-0.25, -0.2) is 4.90 Å². The van der Waals surface area contributed by atoms with Crippen LogP contribution in [0.5, 0.6) is 5.75 Å². The van der Waals surface area contributed by atoms with Crippen molar-refractivity contribution in [1.82, 2.24) is 0 Å². The highest BCUT2D eigenvalue weighted by molar-refractivity contribution is 9.11. The molecule has 0 fully saturated rings. The second-order valence-corrected chi connectivity index (χ2v) is 6.31. The molecule has 23 heavy (non-hydrogen) atoms. The molecule has 1 aliphatic rings. The zero-order chi connectivity index (χ0) is 16.7. The van der Waals surface area contributed by atoms with Gasteiger partial charge in [-0.2, -0.15) is 8.78 Å². The molecule has 0 N–H and O–H groups in total. The van der Waals surface area contributed by atoms with E-state index < -0.39 is 18.4 Å². The fourth-order valence-corrected chi connectivity index (χ4v) is 3.82. The molecule has 0 saturated heterocycles. The fraction of sp³-hybridized carbons (Fsp3) is 0.0667. The highest BCUT2D eigenvalue weighted by Crippen LogP contribution is 2.41. The zero-order valence-corrected chi connectivity index (χ0v) is 14.4. The highest BCUT2D eigenvalue weighted by Gasteiger charge is 2.38. The monoisotopic (exact) mass is 445 g/mol. The van der Waals surface area contributed by atoms with Crippen LogP contribution < -0.4 is 9.64 Å². The lowest BCUT2D eigenvalue weighted by Crippen LogP contribution is -2.30. The molecule has 2 amide bonds. The number of imide groups is 1. The van der Waals surface area contributed by atoms with Crippen LogP contribution >= 0.6 is 31.9 Å². The van der Waals surface area contributed by atoms with Gasteiger partial charge in [0.05, 0.1) is 16.8 Å². The Kier molecular flexibility index (Phi) is 4.20. The summed E-state index contributed by atoms with van der Waals surface area (Å²) in [6, 6.07) is 9.00. The van der Waals surface area contributed by atoms with E-state index in [-0.39, 0.29) is 20.4 Å². The van der Waals surface area contributed by atoms with Crippen LogP contribution in [-0.4, -0.2) is 18.4 Å². The molecule has 0 spiro atoms. The van der Waals surface area contributed by atoms with E-state index in [9.17, 15) is 18.4 Å². The average Bonchev–Trinajstić information content (AvgIpc) is 2.72. The number of benzene rings is 2. The third kappa shape index (κ3) is 2.76. The van der Waals surface area contributed by atoms with E-state index in [4.69, 9.17) is 0 Å². The predicted octanol–water partition coefficient (Wildman–Crippen LogP) is 4.61. The van der Waals surface area contributed by atoms with Gasteiger partial charge in [0.25, 0.3) is 11.8 Å². The minimum atomic E-state index is -2.97. The zero-order valence-electron chi connectivity index (χ0n) is 11.2. The molecule has 0 radical (unpaired) electrons. The van der Waals surface area contributed by atoms with Gasteiger partial charge in [0.1, 0.15) is 5.75 Å². The smallest absolute Gasteiger partial charge is 0.387 e. The molecule has 118 valence electrons. The van der Waals surface area contributed by atoms with Gasteiger partial charge < -0.3 is 4.74 Å². The first-order valence-electron chi connectivity index (χ1n) is 6.32. The largest absolute Gasteiger partial charge is 0.435 e. The maximum atomic E-state index is 12.5. The molecule has 0 aromatic heterocycles. The minimum Gasteiger partial charge on any atom is -0.435 e. The summed E-state index contributed by atoms with van der Waals surface area (Å²) in [5.74, 6) is -1.05. The SMILES string of the molecule is O=C1c2ccccc2C(=O)N1c1c(Br)cc(OC(F)F)cc1Br. The summed E-state index contributed by atoms with van der Waals surface area (Å²) in [5, 5.41) is 0. The molecule has 1 aliphatic heterocycles. The van der Waals surface area contributed by atoms with Crippen LogP contribution in [0, 0.1) is 0 Å². The Hall–Kier alpha value is -1.80. The van der Waals surface area contributed by atoms with Crippen molar-refractivity contribution >= 4 is 49.4 Å². The summed E-state index contributed by atoms with van der Waals surface area (Å²) >= 11 is 6.39. The third-order valence-electron chi connectivity index (χ3n) is 3.23. The Morgan fingerprint density at radius 1 is 0.957 bits per heavy atom. The van der Waals surface area contributed by atoms with Crippen LogP contribution in [0.15, 0.2) is 45.3 Å². The average molecular weight is 447 g/mol. The number of carbonyl (C=O) groups is 2. The van der Waals surface area contributed by atoms with E-state index >= 15 is 0 Å². The molecule has 2 aromatic carbocycles. The van der Waals surface area contributed by atoms with Gasteiger partial charge in [0.2, 0.25) is 0 Å². The predicted molar refractivity (Wildman–Crippen MR) is 86.1 cm³/mol. The molecule has 1 heterocycles. The van der Waals surface area contributed by atoms with Crippen molar-refractivity contribution in [3.63, 3.8) is 0 Å². The molecule has 2 aromatic rings. The topological polar surface area (TPSA) is 46.6 Å². The van der Waals surface area contributed by atoms with E-state index in [1.54, 1.807) is 24.3 Å². The van der Waals surface area contributed by atoms with Crippen molar-refractivity contribution in [1.29, 1.82) is 0 Å². The van der Waals surface area contributed by atoms with Gasteiger partial charge in [0.15, 0.2) is 0 Å². The van der Waals surface area contributed by atoms with E-state index in [2.05, 4.69) is 36.6 Å². The van der Waals surface area contributed by atoms with Crippen molar-refractivity contribution in [2.75, 3.05) is 4.90 Å². The number of hydrogen-bond acceptors (Lipinski definition) is 3. The molecule has 3 rings (SSSR count). The van der Waals surface area contributed by atoms with Crippen molar-refractivity contribution in [2.45, 2.75) is 6.61 Å². The van der Waals surface area contributed by atoms with Gasteiger partial charge in [-0.1, -0.05) is 12.1 Å². The summed E-state index contributed by atoms with van der Waals surface area (Å²) in [7, 11) is 0. The maximum absolute atomic E-state index is 12.5. The van der Waals surface area contributed by atoms with E-state index in [0.29, 0.717) is 11.1 Å². The van der Waals surface area contributed by atoms with Crippen molar-refractivity contribution in [2.24, 2.45) is 0 Å². The first-order valence-corrected chi connectivity index (χ1v) is 7.90. The Bertz CT molecular complexity index is 768. The number of nitrogens with zero attached hydrogens (tertiary/aromatic N) is 1. The number of carbonyl (C=O) groups excluding carboxylic acids is 2. The van der Waals surface area contributed by atoms with Crippen LogP contribution in [0.2, 0.25) is 0 Å². The van der Waals surface area contributed by atoms with Gasteiger partial charge in [-0.05, 0) is 56.1 Å². The fourth-order valence-electron chi connectivity index (χ4n) is 2.32. The van der Waals surface area contributed by atoms with Crippen LogP contribution in [0.3, 0.4) is 0 Å². The first kappa shape index (κ1) is 16.1. The molecule has 0 bridgehead atoms. The lowest BCUT2D eigenvalue weighted by Gasteiger charge is -2.18. The van der Waals surface area contributed by atoms with E-state index in [1.165, 1.54) is 12.1 Å². The summed E-state index contributed by atoms with van der Waals surface area (Å²) in [4.78, 5) is 26.0. The number of alkyl halides is 2. The summed E-state index contributed by atoms with van der Waals surface area (Å²) < 4.78 is 29.5. The van der Waals surface area contributed by atoms with E-state index in [0.717, 1.165) is 4.90 Å². The second kappa shape index (κ2) is 6.01. The van der Waals surface area contributed by atoms with Crippen LogP contribution in [-0.2, 0) is 0 Å². The van der Waals surface area contributed by atoms with Gasteiger partial charge in [-0.3, -0.25) is 9.59 Å². The molecular formula is C15H7Br2F2NO3. The first-order chi connectivity index (χ1) is 10.9. The number of halogens is 4. The van der Waals surface area contributed by atoms with Crippen LogP contribution in [0.1, 0.15) is 20.7 Å². The Labute approximate surface area is 146 Å². The molecule has 4 nitrogen and oxygen atoms in total. The molecule has 0 unspecified atom stereocenters. The van der Waals surface area contributed by atoms with Crippen molar-refractivity contribution in [3.8, 4) is 5.75 Å². The number of ether oxygens (including phenoxy) is 1. The molecule has 8 heteroatoms. The normalized spacial score (nSPS) is 13.7. The Balaban J connectivity index is 2.07. The van der Waals surface area contributed by atoms with Gasteiger partial charge in [0, 0.05) is 8.95 Å². The summed E-state index contributed by atoms with van der Waals surface area (Å²) in [6.07, 6.45) is 0. The minimum absolute atomic E-state index is 0.0980. The van der Waals surface area contributed by atoms with Crippen LogP contribution in [0.4, 0.5) is 14.5 Å². The molecular weight excluding hydrogens is 440 g/mol. The molecule has 0 saturated carbocycles. The second-order valence-electron chi connectivity index (χ2n) is 4.61. The summed E-state index contributed by atoms with van der Waals surface area (Å²) in [5.41, 5.74) is 0.825. The maximum Gasteiger partial charge on any atom is 0.387 e. The van der Waals surface area contributed by atoms with Crippen molar-refractivity contribution < 1.29 is 23.1 Å². The van der Waals surface area contributed by atoms with Gasteiger partial charge >= 0.3 is 6.61 Å².